The van der Waals surface area contributed by atoms with Gasteiger partial charge in [0.1, 0.15) is 0 Å². The third kappa shape index (κ3) is 6.59. The van der Waals surface area contributed by atoms with Gasteiger partial charge in [-0.05, 0) is 43.4 Å². The molecule has 0 spiro atoms. The molecule has 0 bridgehead atoms. The Hall–Kier alpha value is -4.18. The normalized spacial score (nSPS) is 14.5. The molecule has 0 saturated carbocycles. The lowest BCUT2D eigenvalue weighted by atomic mass is 10.00. The van der Waals surface area contributed by atoms with Gasteiger partial charge >= 0.3 is 5.97 Å². The summed E-state index contributed by atoms with van der Waals surface area (Å²) >= 11 is 0. The van der Waals surface area contributed by atoms with Crippen LogP contribution in [-0.2, 0) is 9.53 Å². The lowest BCUT2D eigenvalue weighted by molar-refractivity contribution is -0.119. The van der Waals surface area contributed by atoms with Crippen LogP contribution in [0.1, 0.15) is 21.5 Å². The maximum Gasteiger partial charge on any atom is 0.337 e. The Morgan fingerprint density at radius 3 is 2.32 bits per heavy atom. The molecule has 41 heavy (non-hydrogen) atoms. The monoisotopic (exact) mass is 575 g/mol. The summed E-state index contributed by atoms with van der Waals surface area (Å²) in [4.78, 5) is 39.0. The largest absolute Gasteiger partial charge is 0.494 e. The molecule has 0 atom stereocenters. The molecule has 1 amide bonds. The fraction of sp³-hybridized carbons (Fsp3) is 0.258. The van der Waals surface area contributed by atoms with E-state index in [1.807, 2.05) is 54.6 Å². The van der Waals surface area contributed by atoms with Gasteiger partial charge in [0.25, 0.3) is 0 Å². The van der Waals surface area contributed by atoms with Crippen molar-refractivity contribution in [3.05, 3.63) is 89.5 Å². The second kappa shape index (κ2) is 13.0. The molecule has 1 saturated heterocycles. The number of piperazine rings is 1. The zero-order valence-corrected chi connectivity index (χ0v) is 24.1. The van der Waals surface area contributed by atoms with Crippen LogP contribution in [0.3, 0.4) is 0 Å². The summed E-state index contributed by atoms with van der Waals surface area (Å²) in [5, 5.41) is 11.7. The zero-order chi connectivity index (χ0) is 28.2. The third-order valence-corrected chi connectivity index (χ3v) is 7.29. The molecule has 1 aromatic heterocycles. The summed E-state index contributed by atoms with van der Waals surface area (Å²) in [6, 6.07) is 22.2. The molecule has 3 aromatic carbocycles. The van der Waals surface area contributed by atoms with Crippen LogP contribution >= 0.6 is 12.4 Å². The molecular weight excluding hydrogens is 542 g/mol. The van der Waals surface area contributed by atoms with E-state index in [1.54, 1.807) is 30.1 Å². The number of benzene rings is 3. The number of H-pyrrole nitrogens is 1. The van der Waals surface area contributed by atoms with E-state index in [0.717, 1.165) is 42.8 Å². The van der Waals surface area contributed by atoms with Crippen LogP contribution in [0, 0.1) is 0 Å². The first-order chi connectivity index (χ1) is 19.3. The number of fused-ring (bicyclic) bond motifs is 1. The van der Waals surface area contributed by atoms with Crippen LogP contribution in [-0.4, -0.2) is 91.4 Å². The Bertz CT molecular complexity index is 1540. The Balaban J connectivity index is 0.00000387. The maximum absolute atomic E-state index is 12.9. The van der Waals surface area contributed by atoms with E-state index >= 15 is 0 Å². The van der Waals surface area contributed by atoms with Crippen molar-refractivity contribution in [3.63, 3.8) is 0 Å². The number of nitrogens with one attached hydrogen (secondary N) is 1. The average molecular weight is 576 g/mol. The van der Waals surface area contributed by atoms with Crippen LogP contribution in [0.15, 0.2) is 77.8 Å². The molecule has 2 N–H and O–H groups in total. The number of methoxy groups -OCH3 is 1. The van der Waals surface area contributed by atoms with Gasteiger partial charge in [-0.3, -0.25) is 9.69 Å². The van der Waals surface area contributed by atoms with Gasteiger partial charge in [-0.25, -0.2) is 9.79 Å². The van der Waals surface area contributed by atoms with Crippen molar-refractivity contribution >= 4 is 52.3 Å². The van der Waals surface area contributed by atoms with E-state index in [-0.39, 0.29) is 24.2 Å². The van der Waals surface area contributed by atoms with E-state index in [9.17, 15) is 14.7 Å². The Morgan fingerprint density at radius 2 is 1.66 bits per heavy atom. The number of amides is 1. The highest BCUT2D eigenvalue weighted by molar-refractivity contribution is 6.22. The predicted octanol–water partition coefficient (Wildman–Crippen LogP) is 4.46. The van der Waals surface area contributed by atoms with E-state index in [0.29, 0.717) is 34.6 Å². The number of halogens is 1. The number of carbonyl (C=O) groups is 2. The highest BCUT2D eigenvalue weighted by Gasteiger charge is 2.21. The number of aromatic hydroxyl groups is 1. The van der Waals surface area contributed by atoms with Gasteiger partial charge in [-0.15, -0.1) is 12.4 Å². The highest BCUT2D eigenvalue weighted by Crippen LogP contribution is 2.32. The lowest BCUT2D eigenvalue weighted by Gasteiger charge is -2.32. The molecule has 10 heteroatoms. The summed E-state index contributed by atoms with van der Waals surface area (Å²) in [6.45, 7) is 4.09. The molecule has 5 rings (SSSR count). The molecule has 9 nitrogen and oxygen atoms in total. The first-order valence-electron chi connectivity index (χ1n) is 13.2. The Labute approximate surface area is 245 Å². The Kier molecular flexibility index (Phi) is 9.44. The summed E-state index contributed by atoms with van der Waals surface area (Å²) in [6.07, 6.45) is 0. The Morgan fingerprint density at radius 1 is 0.976 bits per heavy atom. The molecule has 0 aliphatic carbocycles. The first kappa shape index (κ1) is 29.8. The summed E-state index contributed by atoms with van der Waals surface area (Å²) in [5.41, 5.74) is 4.34. The number of aromatic nitrogens is 1. The molecule has 1 aliphatic rings. The van der Waals surface area contributed by atoms with E-state index in [1.165, 1.54) is 7.11 Å². The SMILES string of the molecule is COC(=O)c1ccc2c(C(=Nc3ccc(N(C)C(=O)CN4CCN(C)CC4)cc3)c3ccccc3)c(O)[nH]c2c1.Cl. The second-order valence-corrected chi connectivity index (χ2v) is 9.98. The quantitative estimate of drug-likeness (QED) is 0.249. The molecule has 0 radical (unpaired) electrons. The number of ether oxygens (including phenoxy) is 1. The number of anilines is 1. The summed E-state index contributed by atoms with van der Waals surface area (Å²) in [7, 11) is 5.22. The van der Waals surface area contributed by atoms with Crippen molar-refractivity contribution in [2.45, 2.75) is 0 Å². The fourth-order valence-corrected chi connectivity index (χ4v) is 4.86. The number of esters is 1. The predicted molar refractivity (Wildman–Crippen MR) is 164 cm³/mol. The minimum atomic E-state index is -0.457. The van der Waals surface area contributed by atoms with Crippen molar-refractivity contribution in [1.29, 1.82) is 0 Å². The summed E-state index contributed by atoms with van der Waals surface area (Å²) in [5.74, 6) is -0.465. The number of carbonyl (C=O) groups excluding carboxylic acids is 2. The van der Waals surface area contributed by atoms with Crippen LogP contribution in [0.4, 0.5) is 11.4 Å². The number of nitrogens with zero attached hydrogens (tertiary/aromatic N) is 4. The number of rotatable bonds is 7. The van der Waals surface area contributed by atoms with Gasteiger partial charge in [-0.1, -0.05) is 36.4 Å². The topological polar surface area (TPSA) is 101 Å². The molecule has 4 aromatic rings. The standard InChI is InChI=1S/C31H33N5O4.ClH/c1-34-15-17-36(18-16-34)20-27(37)35(2)24-12-10-23(11-13-24)32-29(21-7-5-4-6-8-21)28-25-14-9-22(31(39)40-3)19-26(25)33-30(28)38;/h4-14,19,33,38H,15-18,20H2,1-3H3;1H. The summed E-state index contributed by atoms with van der Waals surface area (Å²) < 4.78 is 4.83. The second-order valence-electron chi connectivity index (χ2n) is 9.98. The number of likely N-dealkylation sites (N-methyl/N-ethyl adjacent to an activating group) is 2. The van der Waals surface area contributed by atoms with Crippen molar-refractivity contribution in [2.75, 3.05) is 58.8 Å². The minimum Gasteiger partial charge on any atom is -0.494 e. The van der Waals surface area contributed by atoms with Gasteiger partial charge in [0, 0.05) is 55.4 Å². The highest BCUT2D eigenvalue weighted by atomic mass is 35.5. The maximum atomic E-state index is 12.9. The number of hydrogen-bond donors (Lipinski definition) is 2. The van der Waals surface area contributed by atoms with Gasteiger partial charge in [0.15, 0.2) is 5.88 Å². The van der Waals surface area contributed by atoms with Crippen LogP contribution < -0.4 is 4.90 Å². The fourth-order valence-electron chi connectivity index (χ4n) is 4.86. The van der Waals surface area contributed by atoms with Gasteiger partial charge in [0.05, 0.1) is 36.2 Å². The van der Waals surface area contributed by atoms with E-state index in [4.69, 9.17) is 9.73 Å². The van der Waals surface area contributed by atoms with Crippen molar-refractivity contribution in [3.8, 4) is 5.88 Å². The molecular formula is C31H34ClN5O4. The van der Waals surface area contributed by atoms with E-state index in [2.05, 4.69) is 21.8 Å². The molecule has 1 fully saturated rings. The van der Waals surface area contributed by atoms with Crippen molar-refractivity contribution in [2.24, 2.45) is 4.99 Å². The average Bonchev–Trinajstić information content (AvgIpc) is 3.31. The third-order valence-electron chi connectivity index (χ3n) is 7.29. The van der Waals surface area contributed by atoms with Gasteiger partial charge in [-0.2, -0.15) is 0 Å². The van der Waals surface area contributed by atoms with Gasteiger partial charge < -0.3 is 24.6 Å². The van der Waals surface area contributed by atoms with Crippen LogP contribution in [0.2, 0.25) is 0 Å². The van der Waals surface area contributed by atoms with Gasteiger partial charge in [0.2, 0.25) is 5.91 Å². The number of aliphatic imine (C=N–C) groups is 1. The van der Waals surface area contributed by atoms with Crippen LogP contribution in [0.5, 0.6) is 5.88 Å². The minimum absolute atomic E-state index is 0. The van der Waals surface area contributed by atoms with Crippen molar-refractivity contribution in [1.82, 2.24) is 14.8 Å². The molecule has 1 aliphatic heterocycles. The van der Waals surface area contributed by atoms with Crippen molar-refractivity contribution < 1.29 is 19.4 Å². The lowest BCUT2D eigenvalue weighted by Crippen LogP contribution is -2.48. The number of aromatic amines is 1. The molecule has 0 unspecified atom stereocenters. The molecule has 2 heterocycles. The van der Waals surface area contributed by atoms with Crippen LogP contribution in [0.25, 0.3) is 10.9 Å². The smallest absolute Gasteiger partial charge is 0.337 e. The first-order valence-corrected chi connectivity index (χ1v) is 13.2. The molecule has 214 valence electrons. The number of hydrogen-bond acceptors (Lipinski definition) is 7. The van der Waals surface area contributed by atoms with E-state index < -0.39 is 5.97 Å². The zero-order valence-electron chi connectivity index (χ0n) is 23.3.